The summed E-state index contributed by atoms with van der Waals surface area (Å²) >= 11 is 5.81. The summed E-state index contributed by atoms with van der Waals surface area (Å²) < 4.78 is 23.7. The van der Waals surface area contributed by atoms with E-state index in [1.54, 1.807) is 30.3 Å². The Bertz CT molecular complexity index is 960. The Morgan fingerprint density at radius 2 is 1.85 bits per heavy atom. The van der Waals surface area contributed by atoms with E-state index in [-0.39, 0.29) is 17.1 Å². The summed E-state index contributed by atoms with van der Waals surface area (Å²) in [7, 11) is 0. The molecule has 2 aromatic carbocycles. The summed E-state index contributed by atoms with van der Waals surface area (Å²) in [5.74, 6) is -1.99. The molecule has 6 heteroatoms. The van der Waals surface area contributed by atoms with Gasteiger partial charge in [-0.25, -0.2) is 9.18 Å². The molecule has 0 unspecified atom stereocenters. The second-order valence-corrected chi connectivity index (χ2v) is 5.69. The number of carbonyl (C=O) groups excluding carboxylic acids is 2. The second-order valence-electron chi connectivity index (χ2n) is 5.26. The van der Waals surface area contributed by atoms with Crippen molar-refractivity contribution in [2.24, 2.45) is 0 Å². The molecule has 1 aromatic heterocycles. The van der Waals surface area contributed by atoms with Crippen molar-refractivity contribution in [2.75, 3.05) is 0 Å². The highest BCUT2D eigenvalue weighted by molar-refractivity contribution is 6.30. The highest BCUT2D eigenvalue weighted by Crippen LogP contribution is 2.23. The first-order valence-electron chi connectivity index (χ1n) is 7.56. The molecule has 0 spiro atoms. The predicted molar refractivity (Wildman–Crippen MR) is 94.9 cm³/mol. The van der Waals surface area contributed by atoms with Crippen molar-refractivity contribution >= 4 is 29.4 Å². The molecule has 130 valence electrons. The molecule has 1 heterocycles. The van der Waals surface area contributed by atoms with E-state index in [2.05, 4.69) is 0 Å². The molecule has 0 amide bonds. The topological polar surface area (TPSA) is 56.5 Å². The molecule has 0 bridgehead atoms. The van der Waals surface area contributed by atoms with Gasteiger partial charge >= 0.3 is 5.97 Å². The van der Waals surface area contributed by atoms with E-state index < -0.39 is 17.6 Å². The summed E-state index contributed by atoms with van der Waals surface area (Å²) in [6, 6.07) is 13.1. The summed E-state index contributed by atoms with van der Waals surface area (Å²) in [6.45, 7) is 0. The molecular formula is C20H12ClFO4. The van der Waals surface area contributed by atoms with E-state index in [1.807, 2.05) is 0 Å². The van der Waals surface area contributed by atoms with Crippen LogP contribution in [0.25, 0.3) is 6.08 Å². The molecule has 0 saturated heterocycles. The number of hydrogen-bond donors (Lipinski definition) is 0. The molecule has 0 aliphatic rings. The highest BCUT2D eigenvalue weighted by atomic mass is 35.5. The fourth-order valence-electron chi connectivity index (χ4n) is 2.16. The SMILES string of the molecule is O=C(Oc1ccc(F)cc1C(=O)C=Cc1ccc(Cl)cc1)c1ccco1. The molecule has 3 rings (SSSR count). The second kappa shape index (κ2) is 7.80. The quantitative estimate of drug-likeness (QED) is 0.268. The van der Waals surface area contributed by atoms with Crippen molar-refractivity contribution in [3.8, 4) is 5.75 Å². The van der Waals surface area contributed by atoms with Gasteiger partial charge in [-0.2, -0.15) is 0 Å². The third kappa shape index (κ3) is 4.26. The minimum Gasteiger partial charge on any atom is -0.457 e. The van der Waals surface area contributed by atoms with Crippen molar-refractivity contribution in [3.05, 3.63) is 94.7 Å². The average Bonchev–Trinajstić information content (AvgIpc) is 3.17. The van der Waals surface area contributed by atoms with Crippen molar-refractivity contribution in [1.82, 2.24) is 0 Å². The van der Waals surface area contributed by atoms with Crippen LogP contribution in [0.5, 0.6) is 5.75 Å². The Morgan fingerprint density at radius 1 is 1.08 bits per heavy atom. The summed E-state index contributed by atoms with van der Waals surface area (Å²) in [5, 5.41) is 0.575. The van der Waals surface area contributed by atoms with Crippen molar-refractivity contribution < 1.29 is 23.1 Å². The van der Waals surface area contributed by atoms with Crippen LogP contribution in [0.3, 0.4) is 0 Å². The molecule has 0 fully saturated rings. The van der Waals surface area contributed by atoms with Gasteiger partial charge in [0.25, 0.3) is 0 Å². The van der Waals surface area contributed by atoms with Crippen LogP contribution in [0, 0.1) is 5.82 Å². The number of benzene rings is 2. The highest BCUT2D eigenvalue weighted by Gasteiger charge is 2.17. The normalized spacial score (nSPS) is 10.8. The number of carbonyl (C=O) groups is 2. The van der Waals surface area contributed by atoms with Crippen molar-refractivity contribution in [2.45, 2.75) is 0 Å². The van der Waals surface area contributed by atoms with Gasteiger partial charge in [-0.1, -0.05) is 29.8 Å². The lowest BCUT2D eigenvalue weighted by atomic mass is 10.1. The zero-order valence-electron chi connectivity index (χ0n) is 13.3. The number of rotatable bonds is 5. The van der Waals surface area contributed by atoms with Crippen LogP contribution in [-0.2, 0) is 0 Å². The first-order valence-corrected chi connectivity index (χ1v) is 7.94. The summed E-state index contributed by atoms with van der Waals surface area (Å²) in [4.78, 5) is 24.4. The van der Waals surface area contributed by atoms with Crippen LogP contribution in [0.2, 0.25) is 5.02 Å². The van der Waals surface area contributed by atoms with Crippen molar-refractivity contribution in [1.29, 1.82) is 0 Å². The molecule has 0 N–H and O–H groups in total. The van der Waals surface area contributed by atoms with Gasteiger partial charge in [0.15, 0.2) is 5.78 Å². The molecule has 0 atom stereocenters. The fourth-order valence-corrected chi connectivity index (χ4v) is 2.29. The Labute approximate surface area is 153 Å². The number of furan rings is 1. The lowest BCUT2D eigenvalue weighted by Gasteiger charge is -2.07. The van der Waals surface area contributed by atoms with Gasteiger partial charge in [-0.15, -0.1) is 0 Å². The van der Waals surface area contributed by atoms with Gasteiger partial charge in [0.05, 0.1) is 11.8 Å². The number of ketones is 1. The molecule has 26 heavy (non-hydrogen) atoms. The predicted octanol–water partition coefficient (Wildman–Crippen LogP) is 5.19. The third-order valence-electron chi connectivity index (χ3n) is 3.43. The van der Waals surface area contributed by atoms with Gasteiger partial charge in [-0.3, -0.25) is 4.79 Å². The van der Waals surface area contributed by atoms with Gasteiger partial charge in [0.1, 0.15) is 11.6 Å². The lowest BCUT2D eigenvalue weighted by Crippen LogP contribution is -2.10. The van der Waals surface area contributed by atoms with E-state index in [0.29, 0.717) is 5.02 Å². The zero-order chi connectivity index (χ0) is 18.5. The van der Waals surface area contributed by atoms with Crippen LogP contribution in [0.15, 0.2) is 71.4 Å². The Morgan fingerprint density at radius 3 is 2.54 bits per heavy atom. The minimum atomic E-state index is -0.780. The van der Waals surface area contributed by atoms with E-state index in [1.165, 1.54) is 30.5 Å². The number of ether oxygens (including phenoxy) is 1. The number of hydrogen-bond acceptors (Lipinski definition) is 4. The molecule has 0 aliphatic carbocycles. The number of halogens is 2. The molecular weight excluding hydrogens is 359 g/mol. The Hall–Kier alpha value is -3.18. The largest absolute Gasteiger partial charge is 0.457 e. The third-order valence-corrected chi connectivity index (χ3v) is 3.68. The minimum absolute atomic E-state index is 0.0237. The number of esters is 1. The summed E-state index contributed by atoms with van der Waals surface area (Å²) in [5.41, 5.74) is 0.670. The molecule has 0 saturated carbocycles. The Balaban J connectivity index is 1.83. The average molecular weight is 371 g/mol. The van der Waals surface area contributed by atoms with Crippen LogP contribution in [0.4, 0.5) is 4.39 Å². The molecule has 0 aliphatic heterocycles. The first kappa shape index (κ1) is 17.6. The maximum absolute atomic E-state index is 13.6. The van der Waals surface area contributed by atoms with Crippen molar-refractivity contribution in [3.63, 3.8) is 0 Å². The van der Waals surface area contributed by atoms with Crippen LogP contribution in [-0.4, -0.2) is 11.8 Å². The van der Waals surface area contributed by atoms with Gasteiger partial charge in [0.2, 0.25) is 5.76 Å². The standard InChI is InChI=1S/C20H12ClFO4/c21-14-6-3-13(4-7-14)5-9-17(23)16-12-15(22)8-10-18(16)26-20(24)19-2-1-11-25-19/h1-12H. The Kier molecular flexibility index (Phi) is 5.29. The maximum Gasteiger partial charge on any atom is 0.379 e. The van der Waals surface area contributed by atoms with Gasteiger partial charge in [-0.05, 0) is 54.1 Å². The van der Waals surface area contributed by atoms with Gasteiger partial charge in [0, 0.05) is 5.02 Å². The van der Waals surface area contributed by atoms with E-state index in [9.17, 15) is 14.0 Å². The molecule has 4 nitrogen and oxygen atoms in total. The molecule has 0 radical (unpaired) electrons. The maximum atomic E-state index is 13.6. The summed E-state index contributed by atoms with van der Waals surface area (Å²) in [6.07, 6.45) is 4.14. The van der Waals surface area contributed by atoms with E-state index in [0.717, 1.165) is 17.7 Å². The number of allylic oxidation sites excluding steroid dienone is 1. The van der Waals surface area contributed by atoms with E-state index >= 15 is 0 Å². The van der Waals surface area contributed by atoms with Crippen LogP contribution >= 0.6 is 11.6 Å². The van der Waals surface area contributed by atoms with Crippen LogP contribution < -0.4 is 4.74 Å². The van der Waals surface area contributed by atoms with E-state index in [4.69, 9.17) is 20.8 Å². The smallest absolute Gasteiger partial charge is 0.379 e. The van der Waals surface area contributed by atoms with Gasteiger partial charge < -0.3 is 9.15 Å². The monoisotopic (exact) mass is 370 g/mol. The first-order chi connectivity index (χ1) is 12.5. The fraction of sp³-hybridized carbons (Fsp3) is 0. The molecule has 3 aromatic rings. The lowest BCUT2D eigenvalue weighted by molar-refractivity contribution is 0.0699. The van der Waals surface area contributed by atoms with Crippen LogP contribution in [0.1, 0.15) is 26.5 Å². The zero-order valence-corrected chi connectivity index (χ0v) is 14.1.